The van der Waals surface area contributed by atoms with Crippen molar-refractivity contribution in [1.29, 1.82) is 0 Å². The van der Waals surface area contributed by atoms with Gasteiger partial charge in [-0.05, 0) is 36.8 Å². The molecule has 0 aliphatic carbocycles. The summed E-state index contributed by atoms with van der Waals surface area (Å²) in [5.41, 5.74) is 4.21. The highest BCUT2D eigenvalue weighted by molar-refractivity contribution is 5.99. The molecule has 0 unspecified atom stereocenters. The van der Waals surface area contributed by atoms with Gasteiger partial charge in [0, 0.05) is 14.1 Å². The Bertz CT molecular complexity index is 1670. The van der Waals surface area contributed by atoms with Crippen LogP contribution < -0.4 is 16.6 Å². The zero-order chi connectivity index (χ0) is 22.9. The lowest BCUT2D eigenvalue weighted by Gasteiger charge is -2.29. The minimum atomic E-state index is -0.383. The van der Waals surface area contributed by atoms with Gasteiger partial charge in [-0.15, -0.1) is 0 Å². The summed E-state index contributed by atoms with van der Waals surface area (Å²) in [5, 5.41) is 4.09. The van der Waals surface area contributed by atoms with Gasteiger partial charge in [0.05, 0.1) is 33.7 Å². The molecule has 2 aromatic carbocycles. The number of hydrogen-bond donors (Lipinski definition) is 1. The van der Waals surface area contributed by atoms with Gasteiger partial charge in [-0.2, -0.15) is 0 Å². The molecule has 7 nitrogen and oxygen atoms in total. The number of benzene rings is 2. The molecule has 1 N–H and O–H groups in total. The average Bonchev–Trinajstić information content (AvgIpc) is 3.43. The van der Waals surface area contributed by atoms with Crippen LogP contribution in [0.1, 0.15) is 23.3 Å². The number of aromatic nitrogens is 3. The maximum atomic E-state index is 13.6. The number of para-hydroxylation sites is 2. The van der Waals surface area contributed by atoms with E-state index >= 15 is 0 Å². The number of anilines is 1. The fourth-order valence-corrected chi connectivity index (χ4v) is 4.91. The highest BCUT2D eigenvalue weighted by Crippen LogP contribution is 2.45. The molecular formula is C26H22N4O3. The first kappa shape index (κ1) is 19.4. The zero-order valence-corrected chi connectivity index (χ0v) is 18.5. The van der Waals surface area contributed by atoms with E-state index in [9.17, 15) is 9.59 Å². The summed E-state index contributed by atoms with van der Waals surface area (Å²) in [7, 11) is 3.24. The molecular weight excluding hydrogens is 416 g/mol. The molecule has 0 fully saturated rings. The minimum Gasteiger partial charge on any atom is -0.464 e. The van der Waals surface area contributed by atoms with Crippen molar-refractivity contribution in [1.82, 2.24) is 13.7 Å². The normalized spacial score (nSPS) is 14.7. The number of fused-ring (bicyclic) bond motifs is 5. The molecule has 4 heterocycles. The van der Waals surface area contributed by atoms with E-state index in [2.05, 4.69) is 9.88 Å². The van der Waals surface area contributed by atoms with Gasteiger partial charge in [-0.25, -0.2) is 4.79 Å². The van der Waals surface area contributed by atoms with Gasteiger partial charge >= 0.3 is 5.69 Å². The highest BCUT2D eigenvalue weighted by atomic mass is 16.3. The van der Waals surface area contributed by atoms with E-state index in [1.54, 1.807) is 11.6 Å². The van der Waals surface area contributed by atoms with E-state index in [1.165, 1.54) is 11.6 Å². The van der Waals surface area contributed by atoms with Gasteiger partial charge < -0.3 is 14.3 Å². The molecule has 5 aromatic rings. The van der Waals surface area contributed by atoms with Crippen LogP contribution in [0.3, 0.4) is 0 Å². The van der Waals surface area contributed by atoms with Crippen LogP contribution in [-0.2, 0) is 14.1 Å². The SMILES string of the molecule is Cc1ccc([C@H]2Nc3ccccc3-n3c(-c4ccccc4)c4c(=O)n(C)c(=O)n(C)c4c32)o1. The molecule has 0 spiro atoms. The van der Waals surface area contributed by atoms with Crippen molar-refractivity contribution in [3.63, 3.8) is 0 Å². The summed E-state index contributed by atoms with van der Waals surface area (Å²) in [6.07, 6.45) is 0. The van der Waals surface area contributed by atoms with Crippen molar-refractivity contribution < 1.29 is 4.42 Å². The van der Waals surface area contributed by atoms with Crippen molar-refractivity contribution in [2.45, 2.75) is 13.0 Å². The molecule has 0 saturated heterocycles. The lowest BCUT2D eigenvalue weighted by molar-refractivity contribution is 0.469. The van der Waals surface area contributed by atoms with Crippen molar-refractivity contribution in [2.75, 3.05) is 5.32 Å². The third-order valence-electron chi connectivity index (χ3n) is 6.42. The molecule has 1 atom stereocenters. The number of nitrogens with zero attached hydrogens (tertiary/aromatic N) is 3. The van der Waals surface area contributed by atoms with Crippen LogP contribution in [0, 0.1) is 6.92 Å². The van der Waals surface area contributed by atoms with Crippen molar-refractivity contribution in [3.8, 4) is 16.9 Å². The van der Waals surface area contributed by atoms with Crippen LogP contribution in [0.25, 0.3) is 27.8 Å². The standard InChI is InChI=1S/C26H22N4O3/c1-15-13-14-19(33-15)21-24-23-20(25(31)29(3)26(32)28(23)2)22(16-9-5-4-6-10-16)30(24)18-12-8-7-11-17(18)27-21/h4-14,21,27H,1-3H3/t21-/m1/s1. The van der Waals surface area contributed by atoms with Crippen LogP contribution >= 0.6 is 0 Å². The third-order valence-corrected chi connectivity index (χ3v) is 6.42. The minimum absolute atomic E-state index is 0.319. The fraction of sp³-hybridized carbons (Fsp3) is 0.154. The van der Waals surface area contributed by atoms with E-state index in [0.717, 1.165) is 39.8 Å². The predicted octanol–water partition coefficient (Wildman–Crippen LogP) is 4.11. The Morgan fingerprint density at radius 1 is 0.879 bits per heavy atom. The van der Waals surface area contributed by atoms with Crippen LogP contribution in [0.4, 0.5) is 5.69 Å². The number of hydrogen-bond acceptors (Lipinski definition) is 4. The maximum Gasteiger partial charge on any atom is 0.331 e. The van der Waals surface area contributed by atoms with Crippen molar-refractivity contribution in [3.05, 3.63) is 105 Å². The molecule has 7 heteroatoms. The Morgan fingerprint density at radius 2 is 1.61 bits per heavy atom. The second-order valence-corrected chi connectivity index (χ2v) is 8.41. The molecule has 3 aromatic heterocycles. The van der Waals surface area contributed by atoms with Crippen LogP contribution in [-0.4, -0.2) is 13.7 Å². The molecule has 6 rings (SSSR count). The number of furan rings is 1. The van der Waals surface area contributed by atoms with Gasteiger partial charge in [-0.3, -0.25) is 13.9 Å². The van der Waals surface area contributed by atoms with Gasteiger partial charge in [0.1, 0.15) is 17.6 Å². The van der Waals surface area contributed by atoms with Crippen LogP contribution in [0.15, 0.2) is 80.7 Å². The smallest absolute Gasteiger partial charge is 0.331 e. The van der Waals surface area contributed by atoms with E-state index in [1.807, 2.05) is 73.7 Å². The van der Waals surface area contributed by atoms with Crippen LogP contribution in [0.2, 0.25) is 0 Å². The van der Waals surface area contributed by atoms with Gasteiger partial charge in [0.25, 0.3) is 5.56 Å². The topological polar surface area (TPSA) is 74.1 Å². The summed E-state index contributed by atoms with van der Waals surface area (Å²) < 4.78 is 10.9. The Kier molecular flexibility index (Phi) is 4.04. The molecule has 33 heavy (non-hydrogen) atoms. The Morgan fingerprint density at radius 3 is 2.33 bits per heavy atom. The van der Waals surface area contributed by atoms with E-state index in [0.29, 0.717) is 10.9 Å². The van der Waals surface area contributed by atoms with E-state index in [-0.39, 0.29) is 17.3 Å². The quantitative estimate of drug-likeness (QED) is 0.450. The van der Waals surface area contributed by atoms with Crippen molar-refractivity contribution >= 4 is 16.6 Å². The summed E-state index contributed by atoms with van der Waals surface area (Å²) in [5.74, 6) is 1.51. The first-order chi connectivity index (χ1) is 16.0. The molecule has 164 valence electrons. The molecule has 1 aliphatic rings. The number of rotatable bonds is 2. The molecule has 0 saturated carbocycles. The summed E-state index contributed by atoms with van der Waals surface area (Å²) in [6, 6.07) is 21.3. The zero-order valence-electron chi connectivity index (χ0n) is 18.5. The van der Waals surface area contributed by atoms with Gasteiger partial charge in [0.2, 0.25) is 0 Å². The van der Waals surface area contributed by atoms with Crippen LogP contribution in [0.5, 0.6) is 0 Å². The largest absolute Gasteiger partial charge is 0.464 e. The second-order valence-electron chi connectivity index (χ2n) is 8.41. The number of aryl methyl sites for hydroxylation is 2. The first-order valence-corrected chi connectivity index (χ1v) is 10.8. The predicted molar refractivity (Wildman–Crippen MR) is 128 cm³/mol. The second kappa shape index (κ2) is 6.87. The monoisotopic (exact) mass is 438 g/mol. The average molecular weight is 438 g/mol. The summed E-state index contributed by atoms with van der Waals surface area (Å²) in [4.78, 5) is 26.6. The fourth-order valence-electron chi connectivity index (χ4n) is 4.91. The van der Waals surface area contributed by atoms with Crippen molar-refractivity contribution in [2.24, 2.45) is 14.1 Å². The maximum absolute atomic E-state index is 13.6. The Balaban J connectivity index is 1.88. The Hall–Kier alpha value is -4.26. The summed E-state index contributed by atoms with van der Waals surface area (Å²) in [6.45, 7) is 1.90. The van der Waals surface area contributed by atoms with Gasteiger partial charge in [0.15, 0.2) is 0 Å². The third kappa shape index (κ3) is 2.62. The number of nitrogens with one attached hydrogen (secondary N) is 1. The summed E-state index contributed by atoms with van der Waals surface area (Å²) >= 11 is 0. The lowest BCUT2D eigenvalue weighted by atomic mass is 10.1. The molecule has 1 aliphatic heterocycles. The first-order valence-electron chi connectivity index (χ1n) is 10.8. The molecule has 0 radical (unpaired) electrons. The lowest BCUT2D eigenvalue weighted by Crippen LogP contribution is -2.37. The van der Waals surface area contributed by atoms with Gasteiger partial charge in [-0.1, -0.05) is 42.5 Å². The molecule has 0 amide bonds. The Labute approximate surface area is 189 Å². The molecule has 0 bridgehead atoms. The highest BCUT2D eigenvalue weighted by Gasteiger charge is 2.35. The van der Waals surface area contributed by atoms with E-state index < -0.39 is 0 Å². The van der Waals surface area contributed by atoms with E-state index in [4.69, 9.17) is 4.42 Å².